The number of hydrogen-bond donors (Lipinski definition) is 0. The minimum atomic E-state index is 0.485. The topological polar surface area (TPSA) is 20.3 Å². The van der Waals surface area contributed by atoms with Crippen LogP contribution in [0.25, 0.3) is 0 Å². The zero-order chi connectivity index (χ0) is 13.8. The van der Waals surface area contributed by atoms with Crippen LogP contribution in [0, 0.1) is 6.92 Å². The van der Waals surface area contributed by atoms with Gasteiger partial charge in [-0.1, -0.05) is 29.8 Å². The molecule has 2 rings (SSSR count). The molecule has 0 N–H and O–H groups in total. The van der Waals surface area contributed by atoms with Crippen molar-refractivity contribution in [3.63, 3.8) is 0 Å². The van der Waals surface area contributed by atoms with Gasteiger partial charge >= 0.3 is 0 Å². The molecule has 19 heavy (non-hydrogen) atoms. The van der Waals surface area contributed by atoms with Crippen LogP contribution in [0.2, 0.25) is 5.02 Å². The van der Waals surface area contributed by atoms with E-state index in [9.17, 15) is 4.79 Å². The predicted octanol–water partition coefficient (Wildman–Crippen LogP) is 4.62. The van der Waals surface area contributed by atoms with Gasteiger partial charge in [-0.25, -0.2) is 0 Å². The first-order valence-electron chi connectivity index (χ1n) is 6.25. The summed E-state index contributed by atoms with van der Waals surface area (Å²) >= 11 is 6.09. The third kappa shape index (κ3) is 2.79. The molecule has 0 saturated carbocycles. The van der Waals surface area contributed by atoms with E-state index in [0.29, 0.717) is 10.6 Å². The average molecular weight is 274 g/mol. The number of anilines is 2. The van der Waals surface area contributed by atoms with E-state index in [2.05, 4.69) is 30.9 Å². The lowest BCUT2D eigenvalue weighted by molar-refractivity contribution is 0.112. The van der Waals surface area contributed by atoms with Gasteiger partial charge in [-0.15, -0.1) is 0 Å². The van der Waals surface area contributed by atoms with E-state index >= 15 is 0 Å². The van der Waals surface area contributed by atoms with Crippen molar-refractivity contribution in [2.75, 3.05) is 11.4 Å². The molecule has 0 aliphatic heterocycles. The molecule has 0 radical (unpaired) electrons. The lowest BCUT2D eigenvalue weighted by Crippen LogP contribution is -2.17. The number of aldehydes is 1. The minimum absolute atomic E-state index is 0.485. The van der Waals surface area contributed by atoms with Gasteiger partial charge in [0.2, 0.25) is 0 Å². The number of hydrogen-bond acceptors (Lipinski definition) is 2. The second-order valence-electron chi connectivity index (χ2n) is 4.37. The third-order valence-electron chi connectivity index (χ3n) is 3.07. The second-order valence-corrected chi connectivity index (χ2v) is 4.78. The maximum absolute atomic E-state index is 11.3. The Labute approximate surface area is 118 Å². The lowest BCUT2D eigenvalue weighted by Gasteiger charge is -2.25. The number of benzene rings is 2. The number of aryl methyl sites for hydroxylation is 1. The highest BCUT2D eigenvalue weighted by atomic mass is 35.5. The van der Waals surface area contributed by atoms with Crippen molar-refractivity contribution in [1.82, 2.24) is 0 Å². The Hall–Kier alpha value is -1.80. The molecule has 0 aliphatic carbocycles. The van der Waals surface area contributed by atoms with Crippen LogP contribution in [-0.2, 0) is 0 Å². The Bertz CT molecular complexity index is 595. The maximum atomic E-state index is 11.3. The molecule has 2 nitrogen and oxygen atoms in total. The number of rotatable bonds is 4. The van der Waals surface area contributed by atoms with E-state index < -0.39 is 0 Å². The molecule has 0 amide bonds. The molecule has 3 heteroatoms. The summed E-state index contributed by atoms with van der Waals surface area (Å²) in [6, 6.07) is 13.7. The van der Waals surface area contributed by atoms with E-state index in [1.807, 2.05) is 24.3 Å². The third-order valence-corrected chi connectivity index (χ3v) is 3.40. The molecule has 0 aliphatic rings. The summed E-state index contributed by atoms with van der Waals surface area (Å²) in [5, 5.41) is 0.485. The lowest BCUT2D eigenvalue weighted by atomic mass is 10.1. The quantitative estimate of drug-likeness (QED) is 0.758. The van der Waals surface area contributed by atoms with Crippen LogP contribution in [0.15, 0.2) is 42.5 Å². The second kappa shape index (κ2) is 5.89. The van der Waals surface area contributed by atoms with Crippen molar-refractivity contribution < 1.29 is 4.79 Å². The largest absolute Gasteiger partial charge is 0.341 e. The minimum Gasteiger partial charge on any atom is -0.341 e. The van der Waals surface area contributed by atoms with Crippen LogP contribution in [0.5, 0.6) is 0 Å². The van der Waals surface area contributed by atoms with Gasteiger partial charge in [0, 0.05) is 12.2 Å². The Balaban J connectivity index is 2.54. The Morgan fingerprint density at radius 3 is 2.58 bits per heavy atom. The molecule has 0 aromatic heterocycles. The first-order chi connectivity index (χ1) is 9.17. The van der Waals surface area contributed by atoms with E-state index in [0.717, 1.165) is 24.2 Å². The molecule has 0 saturated heterocycles. The van der Waals surface area contributed by atoms with Crippen LogP contribution in [0.3, 0.4) is 0 Å². The number of carbonyl (C=O) groups is 1. The summed E-state index contributed by atoms with van der Waals surface area (Å²) in [6.45, 7) is 4.87. The summed E-state index contributed by atoms with van der Waals surface area (Å²) < 4.78 is 0. The summed E-state index contributed by atoms with van der Waals surface area (Å²) in [5.41, 5.74) is 3.63. The zero-order valence-electron chi connectivity index (χ0n) is 11.1. The van der Waals surface area contributed by atoms with Gasteiger partial charge in [0.15, 0.2) is 6.29 Å². The van der Waals surface area contributed by atoms with E-state index in [1.165, 1.54) is 5.56 Å². The van der Waals surface area contributed by atoms with Gasteiger partial charge in [-0.3, -0.25) is 4.79 Å². The molecule has 0 atom stereocenters. The monoisotopic (exact) mass is 273 g/mol. The van der Waals surface area contributed by atoms with Crippen LogP contribution >= 0.6 is 11.6 Å². The van der Waals surface area contributed by atoms with Crippen LogP contribution < -0.4 is 4.90 Å². The molecule has 98 valence electrons. The Morgan fingerprint density at radius 1 is 1.21 bits per heavy atom. The summed E-state index contributed by atoms with van der Waals surface area (Å²) in [7, 11) is 0. The zero-order valence-corrected chi connectivity index (χ0v) is 11.8. The van der Waals surface area contributed by atoms with Gasteiger partial charge in [-0.2, -0.15) is 0 Å². The molecule has 2 aromatic rings. The average Bonchev–Trinajstić information content (AvgIpc) is 2.40. The van der Waals surface area contributed by atoms with Crippen LogP contribution in [-0.4, -0.2) is 12.8 Å². The molecule has 0 bridgehead atoms. The van der Waals surface area contributed by atoms with E-state index in [4.69, 9.17) is 11.6 Å². The van der Waals surface area contributed by atoms with Gasteiger partial charge in [0.25, 0.3) is 0 Å². The SMILES string of the molecule is CCN(c1cccc(C)c1)c1cccc(Cl)c1C=O. The van der Waals surface area contributed by atoms with E-state index in [-0.39, 0.29) is 0 Å². The number of carbonyl (C=O) groups excluding carboxylic acids is 1. The summed E-state index contributed by atoms with van der Waals surface area (Å²) in [4.78, 5) is 13.3. The van der Waals surface area contributed by atoms with Crippen LogP contribution in [0.1, 0.15) is 22.8 Å². The fraction of sp³-hybridized carbons (Fsp3) is 0.188. The number of halogens is 1. The van der Waals surface area contributed by atoms with Gasteiger partial charge in [0.1, 0.15) is 0 Å². The molecular weight excluding hydrogens is 258 g/mol. The predicted molar refractivity (Wildman–Crippen MR) is 80.7 cm³/mol. The first kappa shape index (κ1) is 13.6. The highest BCUT2D eigenvalue weighted by Crippen LogP contribution is 2.31. The standard InChI is InChI=1S/C16H16ClNO/c1-3-18(13-7-4-6-12(2)10-13)16-9-5-8-15(17)14(16)11-19/h4-11H,3H2,1-2H3. The highest BCUT2D eigenvalue weighted by Gasteiger charge is 2.13. The summed E-state index contributed by atoms with van der Waals surface area (Å²) in [5.74, 6) is 0. The fourth-order valence-corrected chi connectivity index (χ4v) is 2.38. The van der Waals surface area contributed by atoms with Crippen molar-refractivity contribution in [2.24, 2.45) is 0 Å². The smallest absolute Gasteiger partial charge is 0.153 e. The van der Waals surface area contributed by atoms with Crippen molar-refractivity contribution in [2.45, 2.75) is 13.8 Å². The molecular formula is C16H16ClNO. The van der Waals surface area contributed by atoms with Crippen molar-refractivity contribution >= 4 is 29.3 Å². The molecule has 0 spiro atoms. The molecule has 0 unspecified atom stereocenters. The van der Waals surface area contributed by atoms with Gasteiger partial charge < -0.3 is 4.90 Å². The maximum Gasteiger partial charge on any atom is 0.153 e. The fourth-order valence-electron chi connectivity index (χ4n) is 2.17. The van der Waals surface area contributed by atoms with Crippen molar-refractivity contribution in [3.8, 4) is 0 Å². The van der Waals surface area contributed by atoms with Gasteiger partial charge in [0.05, 0.1) is 16.3 Å². The van der Waals surface area contributed by atoms with Crippen molar-refractivity contribution in [3.05, 3.63) is 58.6 Å². The first-order valence-corrected chi connectivity index (χ1v) is 6.63. The molecule has 2 aromatic carbocycles. The normalized spacial score (nSPS) is 10.3. The van der Waals surface area contributed by atoms with Gasteiger partial charge in [-0.05, 0) is 43.7 Å². The Kier molecular flexibility index (Phi) is 4.23. The molecule has 0 fully saturated rings. The highest BCUT2D eigenvalue weighted by molar-refractivity contribution is 6.33. The van der Waals surface area contributed by atoms with E-state index in [1.54, 1.807) is 6.07 Å². The number of nitrogens with zero attached hydrogens (tertiary/aromatic N) is 1. The van der Waals surface area contributed by atoms with Crippen LogP contribution in [0.4, 0.5) is 11.4 Å². The van der Waals surface area contributed by atoms with Crippen molar-refractivity contribution in [1.29, 1.82) is 0 Å². The Morgan fingerprint density at radius 2 is 1.95 bits per heavy atom. The molecule has 0 heterocycles. The summed E-state index contributed by atoms with van der Waals surface area (Å²) in [6.07, 6.45) is 0.816.